The molecule has 0 unspecified atom stereocenters. The molecule has 4 N–H and O–H groups in total. The zero-order valence-electron chi connectivity index (χ0n) is 56.9. The Morgan fingerprint density at radius 2 is 1.27 bits per heavy atom. The van der Waals surface area contributed by atoms with Crippen LogP contribution in [-0.4, -0.2) is 214 Å². The highest BCUT2D eigenvalue weighted by Crippen LogP contribution is 2.37. The molecule has 3 heterocycles. The monoisotopic (exact) mass is 1330 g/mol. The van der Waals surface area contributed by atoms with Crippen LogP contribution >= 0.6 is 11.6 Å². The van der Waals surface area contributed by atoms with Crippen molar-refractivity contribution in [1.29, 1.82) is 0 Å². The molecule has 6 rings (SSSR count). The Labute approximate surface area is 552 Å². The molecule has 0 radical (unpaired) electrons. The van der Waals surface area contributed by atoms with Crippen LogP contribution in [0.3, 0.4) is 0 Å². The first-order valence-corrected chi connectivity index (χ1v) is 34.1. The zero-order chi connectivity index (χ0) is 69.1. The SMILES string of the molecule is CC[C@H](C)[C@@H]1NC(=O)[C@H](CC(C)C)N(C)C(=O)C[C@@H](C)NC(=O)[C@H]([C@@H](C)CC)N(C)C(=O)C2(CCCC2)NC(=O)[C@@H]2CCCN2C(=O)[C@H](CCc2ccc(C(F)(F)F)c(Cl)c2)NC(=O)CN(C)C(=O)[C@H](CC2CCCCC2)N(C)C(=O)[C@@H]2CCN2C(=O)[C@H](C)N(C)C1=O. The maximum Gasteiger partial charge on any atom is 0.417 e. The predicted molar refractivity (Wildman–Crippen MR) is 344 cm³/mol. The molecule has 26 heteroatoms. The number of amides is 11. The highest BCUT2D eigenvalue weighted by atomic mass is 35.5. The van der Waals surface area contributed by atoms with Gasteiger partial charge in [-0.3, -0.25) is 52.7 Å². The number of aryl methyl sites for hydroxylation is 1. The van der Waals surface area contributed by atoms with Crippen LogP contribution in [0.5, 0.6) is 0 Å². The minimum Gasteiger partial charge on any atom is -0.351 e. The average molecular weight is 1330 g/mol. The Morgan fingerprint density at radius 1 is 0.634 bits per heavy atom. The van der Waals surface area contributed by atoms with E-state index in [4.69, 9.17) is 11.6 Å². The third-order valence-electron chi connectivity index (χ3n) is 20.5. The minimum absolute atomic E-state index is 0.0380. The number of halogens is 4. The van der Waals surface area contributed by atoms with E-state index in [0.29, 0.717) is 37.7 Å². The molecule has 22 nitrogen and oxygen atoms in total. The van der Waals surface area contributed by atoms with E-state index >= 15 is 9.59 Å². The molecule has 0 bridgehead atoms. The van der Waals surface area contributed by atoms with E-state index in [2.05, 4.69) is 21.3 Å². The Balaban J connectivity index is 1.38. The molecule has 3 aliphatic heterocycles. The van der Waals surface area contributed by atoms with Gasteiger partial charge in [-0.25, -0.2) is 0 Å². The standard InChI is InChI=1S/C67H103ClF3N11O11/c1-14-40(5)55-64(92)77(10)43(8)60(88)82-33-29-50(82)63(91)79(12)52(37-44-22-17-16-18-23-44)62(90)76(9)38-53(83)73-48(28-26-45-25-27-46(47(68)36-45)67(69,70)71)61(89)81-32-21-24-49(81)58(86)75-66(30-19-20-31-66)65(93)80(13)56(41(6)15-2)59(87)72-42(7)35-54(84)78(11)51(34-39(3)4)57(85)74-55/h25,27,36,39-44,48-52,55-56H,14-24,26,28-35,37-38H2,1-13H3,(H,72,87)(H,73,83)(H,74,85)(H,75,86)/t40-,41-,42+,43-,48-,49-,50-,51-,52-,55-,56-/m0/s1. The van der Waals surface area contributed by atoms with Crippen molar-refractivity contribution in [2.45, 2.75) is 243 Å². The number of nitrogens with zero attached hydrogens (tertiary/aromatic N) is 7. The molecular formula is C67H103ClF3N11O11. The summed E-state index contributed by atoms with van der Waals surface area (Å²) in [4.78, 5) is 171. The zero-order valence-corrected chi connectivity index (χ0v) is 57.7. The summed E-state index contributed by atoms with van der Waals surface area (Å²) in [5, 5.41) is 11.1. The van der Waals surface area contributed by atoms with Crippen molar-refractivity contribution in [3.8, 4) is 0 Å². The first-order chi connectivity index (χ1) is 43.7. The van der Waals surface area contributed by atoms with Gasteiger partial charge in [-0.15, -0.1) is 0 Å². The number of hydrogen-bond donors (Lipinski definition) is 4. The minimum atomic E-state index is -4.74. The Morgan fingerprint density at radius 3 is 1.85 bits per heavy atom. The topological polar surface area (TPSA) is 259 Å². The van der Waals surface area contributed by atoms with Crippen LogP contribution in [0.25, 0.3) is 0 Å². The summed E-state index contributed by atoms with van der Waals surface area (Å²) >= 11 is 6.13. The van der Waals surface area contributed by atoms with Crippen LogP contribution < -0.4 is 21.3 Å². The van der Waals surface area contributed by atoms with Gasteiger partial charge in [0.25, 0.3) is 0 Å². The molecule has 1 aromatic rings. The molecule has 520 valence electrons. The number of benzene rings is 1. The summed E-state index contributed by atoms with van der Waals surface area (Å²) < 4.78 is 41.4. The molecule has 2 aliphatic carbocycles. The quantitative estimate of drug-likeness (QED) is 0.197. The van der Waals surface area contributed by atoms with Gasteiger partial charge in [0.15, 0.2) is 0 Å². The molecule has 5 aliphatic rings. The molecule has 11 amide bonds. The van der Waals surface area contributed by atoms with Gasteiger partial charge in [0.2, 0.25) is 65.0 Å². The van der Waals surface area contributed by atoms with Crippen molar-refractivity contribution in [2.24, 2.45) is 23.7 Å². The van der Waals surface area contributed by atoms with Gasteiger partial charge in [-0.05, 0) is 113 Å². The van der Waals surface area contributed by atoms with E-state index in [-0.39, 0.29) is 82.7 Å². The van der Waals surface area contributed by atoms with Gasteiger partial charge in [-0.1, -0.05) is 117 Å². The average Bonchev–Trinajstić information content (AvgIpc) is 1.62. The summed E-state index contributed by atoms with van der Waals surface area (Å²) in [6.45, 7) is 13.9. The molecule has 5 fully saturated rings. The Bertz CT molecular complexity index is 2890. The number of carbonyl (C=O) groups excluding carboxylic acids is 11. The van der Waals surface area contributed by atoms with Gasteiger partial charge in [0.1, 0.15) is 53.9 Å². The number of likely N-dealkylation sites (N-methyl/N-ethyl adjacent to an activating group) is 5. The number of rotatable bonds is 11. The van der Waals surface area contributed by atoms with Crippen LogP contribution in [0.1, 0.15) is 182 Å². The summed E-state index contributed by atoms with van der Waals surface area (Å²) in [6.07, 6.45) is 2.84. The second-order valence-corrected chi connectivity index (χ2v) is 28.1. The molecule has 0 aromatic heterocycles. The number of alkyl halides is 3. The van der Waals surface area contributed by atoms with E-state index < -0.39 is 160 Å². The highest BCUT2D eigenvalue weighted by molar-refractivity contribution is 6.31. The number of fused-ring (bicyclic) bond motifs is 2. The molecule has 2 saturated carbocycles. The fourth-order valence-corrected chi connectivity index (χ4v) is 14.4. The van der Waals surface area contributed by atoms with E-state index in [1.807, 2.05) is 34.6 Å². The van der Waals surface area contributed by atoms with E-state index in [9.17, 15) is 56.3 Å². The first kappa shape index (κ1) is 75.5. The lowest BCUT2D eigenvalue weighted by molar-refractivity contribution is -0.160. The van der Waals surface area contributed by atoms with Gasteiger partial charge in [-0.2, -0.15) is 13.2 Å². The molecule has 1 spiro atoms. The van der Waals surface area contributed by atoms with Crippen molar-refractivity contribution in [1.82, 2.24) is 55.6 Å². The van der Waals surface area contributed by atoms with Gasteiger partial charge in [0.05, 0.1) is 17.1 Å². The van der Waals surface area contributed by atoms with Crippen molar-refractivity contribution < 1.29 is 65.9 Å². The fourth-order valence-electron chi connectivity index (χ4n) is 14.1. The van der Waals surface area contributed by atoms with Gasteiger partial charge >= 0.3 is 6.18 Å². The van der Waals surface area contributed by atoms with Crippen molar-refractivity contribution in [2.75, 3.05) is 54.9 Å². The molecule has 11 atom stereocenters. The van der Waals surface area contributed by atoms with Crippen molar-refractivity contribution >= 4 is 76.6 Å². The van der Waals surface area contributed by atoms with E-state index in [1.54, 1.807) is 13.8 Å². The predicted octanol–water partition coefficient (Wildman–Crippen LogP) is 6.09. The summed E-state index contributed by atoms with van der Waals surface area (Å²) in [7, 11) is 7.32. The van der Waals surface area contributed by atoms with Crippen LogP contribution in [0.4, 0.5) is 13.2 Å². The summed E-state index contributed by atoms with van der Waals surface area (Å²) in [5.41, 5.74) is -2.24. The number of hydrogen-bond acceptors (Lipinski definition) is 11. The summed E-state index contributed by atoms with van der Waals surface area (Å²) in [5.74, 6) is -7.46. The largest absolute Gasteiger partial charge is 0.417 e. The lowest BCUT2D eigenvalue weighted by Crippen LogP contribution is -2.65. The van der Waals surface area contributed by atoms with E-state index in [0.717, 1.165) is 49.1 Å². The maximum absolute atomic E-state index is 15.1. The lowest BCUT2D eigenvalue weighted by Gasteiger charge is -2.45. The molecule has 1 aromatic carbocycles. The fraction of sp³-hybridized carbons (Fsp3) is 0.746. The van der Waals surface area contributed by atoms with E-state index in [1.165, 1.54) is 77.6 Å². The van der Waals surface area contributed by atoms with Gasteiger partial charge in [0, 0.05) is 60.8 Å². The van der Waals surface area contributed by atoms with Crippen LogP contribution in [0.2, 0.25) is 5.02 Å². The smallest absolute Gasteiger partial charge is 0.351 e. The maximum atomic E-state index is 15.1. The Kier molecular flexibility index (Phi) is 26.6. The second kappa shape index (κ2) is 32.7. The second-order valence-electron chi connectivity index (χ2n) is 27.7. The highest BCUT2D eigenvalue weighted by Gasteiger charge is 2.51. The summed E-state index contributed by atoms with van der Waals surface area (Å²) in [6, 6.07) is -6.68. The first-order valence-electron chi connectivity index (χ1n) is 33.7. The van der Waals surface area contributed by atoms with Crippen LogP contribution in [0, 0.1) is 23.7 Å². The third kappa shape index (κ3) is 18.3. The lowest BCUT2D eigenvalue weighted by atomic mass is 9.84. The van der Waals surface area contributed by atoms with Crippen molar-refractivity contribution in [3.63, 3.8) is 0 Å². The molecule has 3 saturated heterocycles. The van der Waals surface area contributed by atoms with Gasteiger partial charge < -0.3 is 55.6 Å². The number of carbonyl (C=O) groups is 11. The Hall–Kier alpha value is -6.53. The van der Waals surface area contributed by atoms with Crippen LogP contribution in [0.15, 0.2) is 18.2 Å². The van der Waals surface area contributed by atoms with Crippen LogP contribution in [-0.2, 0) is 65.3 Å². The normalized spacial score (nSPS) is 28.2. The number of nitrogens with one attached hydrogen (secondary N) is 4. The molecule has 93 heavy (non-hydrogen) atoms. The van der Waals surface area contributed by atoms with Crippen molar-refractivity contribution in [3.05, 3.63) is 34.3 Å². The third-order valence-corrected chi connectivity index (χ3v) is 20.8. The molecular weight excluding hydrogens is 1230 g/mol.